The van der Waals surface area contributed by atoms with Gasteiger partial charge in [-0.15, -0.1) is 22.7 Å². The Morgan fingerprint density at radius 1 is 1.26 bits per heavy atom. The summed E-state index contributed by atoms with van der Waals surface area (Å²) < 4.78 is 0. The second-order valence-corrected chi connectivity index (χ2v) is 10.3. The third kappa shape index (κ3) is 5.80. The Kier molecular flexibility index (Phi) is 8.31. The molecule has 0 spiro atoms. The third-order valence-corrected chi connectivity index (χ3v) is 7.75. The molecule has 0 fully saturated rings. The lowest BCUT2D eigenvalue weighted by atomic mass is 10.1. The number of thioether (sulfide) groups is 1. The quantitative estimate of drug-likeness (QED) is 0.189. The molecule has 0 saturated heterocycles. The number of nitriles is 1. The number of pyridine rings is 1. The number of nitrogens with one attached hydrogen (secondary N) is 1. The summed E-state index contributed by atoms with van der Waals surface area (Å²) in [4.78, 5) is 17.6. The highest BCUT2D eigenvalue weighted by molar-refractivity contribution is 7.98. The molecular weight excluding hydrogens is 524 g/mol. The Balaban J connectivity index is 1.67. The van der Waals surface area contributed by atoms with Gasteiger partial charge in [-0.1, -0.05) is 35.5 Å². The maximum Gasteiger partial charge on any atom is 0.238 e. The van der Waals surface area contributed by atoms with Gasteiger partial charge < -0.3 is 15.5 Å². The lowest BCUT2D eigenvalue weighted by Crippen LogP contribution is -2.23. The first-order valence-electron chi connectivity index (χ1n) is 10.1. The first-order chi connectivity index (χ1) is 17.0. The van der Waals surface area contributed by atoms with Crippen LogP contribution in [0.1, 0.15) is 11.3 Å². The molecule has 0 aliphatic heterocycles. The van der Waals surface area contributed by atoms with E-state index < -0.39 is 12.7 Å². The SMILES string of the molecule is [C-]#[N+]c1c(NC[C@@H](O)CO)nc(SCc2csc(-c3ccc(Cl)cc3)n2)c(C#N)c1-c1cncs1. The third-order valence-electron chi connectivity index (χ3n) is 4.76. The van der Waals surface area contributed by atoms with Crippen LogP contribution in [0.3, 0.4) is 0 Å². The van der Waals surface area contributed by atoms with Crippen LogP contribution < -0.4 is 5.32 Å². The normalized spacial score (nSPS) is 11.6. The minimum absolute atomic E-state index is 0.000690. The number of benzene rings is 1. The fourth-order valence-electron chi connectivity index (χ4n) is 3.09. The number of thiazole rings is 2. The van der Waals surface area contributed by atoms with Crippen molar-refractivity contribution in [2.45, 2.75) is 16.9 Å². The molecule has 176 valence electrons. The maximum atomic E-state index is 10.00. The Bertz CT molecular complexity index is 1390. The first-order valence-corrected chi connectivity index (χ1v) is 13.3. The topological polar surface area (TPSA) is 119 Å². The van der Waals surface area contributed by atoms with Gasteiger partial charge in [0.25, 0.3) is 0 Å². The molecule has 12 heteroatoms. The molecule has 0 bridgehead atoms. The zero-order valence-electron chi connectivity index (χ0n) is 18.0. The summed E-state index contributed by atoms with van der Waals surface area (Å²) >= 11 is 10.1. The van der Waals surface area contributed by atoms with Crippen LogP contribution in [0.2, 0.25) is 5.02 Å². The van der Waals surface area contributed by atoms with E-state index >= 15 is 0 Å². The minimum atomic E-state index is -1.02. The zero-order valence-corrected chi connectivity index (χ0v) is 21.2. The standard InChI is InChI=1S/C23H17ClN6O2S3/c1-26-20-19(18-8-27-12-35-18)17(6-25)23(30-21(20)28-7-16(32)9-31)34-11-15-10-33-22(29-15)13-2-4-14(24)5-3-13/h2-5,8,10,12,16,31-32H,7,9,11H2,(H,28,30)/t16-/m1/s1. The van der Waals surface area contributed by atoms with Gasteiger partial charge in [-0.05, 0) is 12.1 Å². The lowest BCUT2D eigenvalue weighted by molar-refractivity contribution is 0.105. The molecule has 0 aliphatic carbocycles. The molecule has 0 radical (unpaired) electrons. The summed E-state index contributed by atoms with van der Waals surface area (Å²) in [5, 5.41) is 35.8. The number of aliphatic hydroxyl groups is 2. The fraction of sp³-hybridized carbons (Fsp3) is 0.174. The van der Waals surface area contributed by atoms with E-state index in [1.165, 1.54) is 34.4 Å². The van der Waals surface area contributed by atoms with Gasteiger partial charge >= 0.3 is 0 Å². The van der Waals surface area contributed by atoms with Gasteiger partial charge in [0.05, 0.1) is 36.1 Å². The van der Waals surface area contributed by atoms with Crippen molar-refractivity contribution < 1.29 is 10.2 Å². The Morgan fingerprint density at radius 2 is 2.06 bits per heavy atom. The highest BCUT2D eigenvalue weighted by Gasteiger charge is 2.23. The lowest BCUT2D eigenvalue weighted by Gasteiger charge is -2.16. The van der Waals surface area contributed by atoms with Crippen LogP contribution in [0.15, 0.2) is 46.4 Å². The zero-order chi connectivity index (χ0) is 24.8. The van der Waals surface area contributed by atoms with Crippen molar-refractivity contribution in [1.29, 1.82) is 5.26 Å². The van der Waals surface area contributed by atoms with Crippen LogP contribution in [0.25, 0.3) is 25.9 Å². The van der Waals surface area contributed by atoms with Crippen LogP contribution in [0, 0.1) is 17.9 Å². The number of aliphatic hydroxyl groups excluding tert-OH is 2. The van der Waals surface area contributed by atoms with Crippen LogP contribution in [0.5, 0.6) is 0 Å². The predicted octanol–water partition coefficient (Wildman–Crippen LogP) is 5.46. The highest BCUT2D eigenvalue weighted by atomic mass is 35.5. The fourth-order valence-corrected chi connectivity index (χ4v) is 5.70. The van der Waals surface area contributed by atoms with Crippen molar-refractivity contribution in [3.8, 4) is 27.1 Å². The Morgan fingerprint density at radius 3 is 2.71 bits per heavy atom. The van der Waals surface area contributed by atoms with E-state index in [2.05, 4.69) is 26.2 Å². The predicted molar refractivity (Wildman–Crippen MR) is 140 cm³/mol. The van der Waals surface area contributed by atoms with Gasteiger partial charge in [0.2, 0.25) is 5.69 Å². The first kappa shape index (κ1) is 25.1. The monoisotopic (exact) mass is 540 g/mol. The smallest absolute Gasteiger partial charge is 0.238 e. The van der Waals surface area contributed by atoms with Gasteiger partial charge in [-0.2, -0.15) is 5.26 Å². The number of halogens is 1. The molecule has 3 N–H and O–H groups in total. The van der Waals surface area contributed by atoms with Crippen LogP contribution >= 0.6 is 46.0 Å². The van der Waals surface area contributed by atoms with Gasteiger partial charge in [0.1, 0.15) is 21.9 Å². The molecule has 0 saturated carbocycles. The van der Waals surface area contributed by atoms with Gasteiger partial charge in [-0.25, -0.2) is 14.8 Å². The van der Waals surface area contributed by atoms with E-state index in [9.17, 15) is 10.4 Å². The number of anilines is 1. The van der Waals surface area contributed by atoms with Crippen LogP contribution in [-0.4, -0.2) is 44.4 Å². The van der Waals surface area contributed by atoms with Crippen molar-refractivity contribution in [3.05, 3.63) is 69.1 Å². The van der Waals surface area contributed by atoms with E-state index in [-0.39, 0.29) is 23.6 Å². The van der Waals surface area contributed by atoms with E-state index in [4.69, 9.17) is 28.3 Å². The molecule has 8 nitrogen and oxygen atoms in total. The molecule has 0 unspecified atom stereocenters. The summed E-state index contributed by atoms with van der Waals surface area (Å²) in [6.07, 6.45) is 0.588. The summed E-state index contributed by atoms with van der Waals surface area (Å²) in [6.45, 7) is 7.29. The Labute approximate surface area is 218 Å². The Hall–Kier alpha value is -3.03. The number of hydrogen-bond acceptors (Lipinski definition) is 10. The van der Waals surface area contributed by atoms with E-state index in [0.29, 0.717) is 26.2 Å². The number of hydrogen-bond donors (Lipinski definition) is 3. The largest absolute Gasteiger partial charge is 0.394 e. The number of rotatable bonds is 9. The molecule has 3 aromatic heterocycles. The van der Waals surface area contributed by atoms with Crippen molar-refractivity contribution in [2.75, 3.05) is 18.5 Å². The molecule has 4 rings (SSSR count). The summed E-state index contributed by atoms with van der Waals surface area (Å²) in [5.41, 5.74) is 4.33. The van der Waals surface area contributed by atoms with Crippen LogP contribution in [-0.2, 0) is 5.75 Å². The van der Waals surface area contributed by atoms with E-state index in [0.717, 1.165) is 16.3 Å². The summed E-state index contributed by atoms with van der Waals surface area (Å²) in [7, 11) is 0. The van der Waals surface area contributed by atoms with Crippen molar-refractivity contribution in [3.63, 3.8) is 0 Å². The molecule has 1 aromatic carbocycles. The van der Waals surface area contributed by atoms with Gasteiger partial charge in [-0.3, -0.25) is 4.98 Å². The average Bonchev–Trinajstić information content (AvgIpc) is 3.58. The second-order valence-electron chi connectivity index (χ2n) is 7.11. The van der Waals surface area contributed by atoms with Crippen molar-refractivity contribution in [2.24, 2.45) is 0 Å². The van der Waals surface area contributed by atoms with Crippen molar-refractivity contribution in [1.82, 2.24) is 15.0 Å². The minimum Gasteiger partial charge on any atom is -0.394 e. The maximum absolute atomic E-state index is 10.00. The molecule has 35 heavy (non-hydrogen) atoms. The molecule has 4 aromatic rings. The van der Waals surface area contributed by atoms with E-state index in [1.54, 1.807) is 11.7 Å². The molecule has 1 atom stereocenters. The molecular formula is C23H17ClN6O2S3. The summed E-state index contributed by atoms with van der Waals surface area (Å²) in [5.74, 6) is 0.696. The molecule has 0 amide bonds. The molecule has 0 aliphatic rings. The highest BCUT2D eigenvalue weighted by Crippen LogP contribution is 2.44. The van der Waals surface area contributed by atoms with Gasteiger partial charge in [0.15, 0.2) is 0 Å². The number of aromatic nitrogens is 3. The van der Waals surface area contributed by atoms with Crippen LogP contribution in [0.4, 0.5) is 11.5 Å². The number of nitrogens with zero attached hydrogens (tertiary/aromatic N) is 5. The average molecular weight is 541 g/mol. The molecule has 3 heterocycles. The van der Waals surface area contributed by atoms with Gasteiger partial charge in [0, 0.05) is 44.9 Å². The second kappa shape index (κ2) is 11.6. The van der Waals surface area contributed by atoms with Crippen molar-refractivity contribution >= 4 is 57.5 Å². The van der Waals surface area contributed by atoms with E-state index in [1.807, 2.05) is 29.6 Å². The summed E-state index contributed by atoms with van der Waals surface area (Å²) in [6, 6.07) is 9.67.